The molecular formula is C16H24ClN3. The van der Waals surface area contributed by atoms with Crippen molar-refractivity contribution in [2.24, 2.45) is 11.7 Å². The summed E-state index contributed by atoms with van der Waals surface area (Å²) in [6.07, 6.45) is 3.76. The number of hydrogen-bond acceptors (Lipinski definition) is 3. The van der Waals surface area contributed by atoms with E-state index in [0.29, 0.717) is 6.04 Å². The Bertz CT molecular complexity index is 426. The lowest BCUT2D eigenvalue weighted by molar-refractivity contribution is 0.219. The fraction of sp³-hybridized carbons (Fsp3) is 0.625. The van der Waals surface area contributed by atoms with Gasteiger partial charge in [0.1, 0.15) is 0 Å². The molecule has 4 heteroatoms. The molecule has 1 aromatic carbocycles. The quantitative estimate of drug-likeness (QED) is 0.930. The molecule has 3 rings (SSSR count). The Kier molecular flexibility index (Phi) is 4.49. The highest BCUT2D eigenvalue weighted by Gasteiger charge is 2.25. The van der Waals surface area contributed by atoms with Gasteiger partial charge in [-0.2, -0.15) is 0 Å². The summed E-state index contributed by atoms with van der Waals surface area (Å²) in [7, 11) is 0. The van der Waals surface area contributed by atoms with Crippen molar-refractivity contribution in [3.05, 3.63) is 29.3 Å². The molecule has 110 valence electrons. The average molecular weight is 294 g/mol. The molecule has 0 aromatic heterocycles. The predicted octanol–water partition coefficient (Wildman–Crippen LogP) is 2.59. The van der Waals surface area contributed by atoms with Crippen molar-refractivity contribution in [3.63, 3.8) is 0 Å². The Hall–Kier alpha value is -0.770. The van der Waals surface area contributed by atoms with Crippen LogP contribution in [-0.4, -0.2) is 43.7 Å². The van der Waals surface area contributed by atoms with Gasteiger partial charge in [-0.05, 0) is 49.4 Å². The molecule has 0 bridgehead atoms. The molecule has 0 amide bonds. The highest BCUT2D eigenvalue weighted by molar-refractivity contribution is 6.30. The molecule has 2 fully saturated rings. The van der Waals surface area contributed by atoms with E-state index in [1.165, 1.54) is 31.5 Å². The second kappa shape index (κ2) is 6.33. The molecule has 1 saturated carbocycles. The van der Waals surface area contributed by atoms with Crippen molar-refractivity contribution >= 4 is 17.3 Å². The van der Waals surface area contributed by atoms with Crippen LogP contribution in [0, 0.1) is 5.92 Å². The third kappa shape index (κ3) is 3.46. The Morgan fingerprint density at radius 3 is 2.35 bits per heavy atom. The molecule has 1 aliphatic carbocycles. The Labute approximate surface area is 126 Å². The lowest BCUT2D eigenvalue weighted by Gasteiger charge is -2.37. The molecule has 1 aromatic rings. The Morgan fingerprint density at radius 1 is 1.05 bits per heavy atom. The highest BCUT2D eigenvalue weighted by Crippen LogP contribution is 2.26. The molecule has 0 spiro atoms. The van der Waals surface area contributed by atoms with Crippen LogP contribution in [0.3, 0.4) is 0 Å². The van der Waals surface area contributed by atoms with E-state index in [4.69, 9.17) is 17.3 Å². The number of benzene rings is 1. The van der Waals surface area contributed by atoms with Gasteiger partial charge in [0.25, 0.3) is 0 Å². The van der Waals surface area contributed by atoms with E-state index in [-0.39, 0.29) is 0 Å². The molecule has 1 saturated heterocycles. The second-order valence-electron chi connectivity index (χ2n) is 6.20. The van der Waals surface area contributed by atoms with Gasteiger partial charge in [0.05, 0.1) is 0 Å². The normalized spacial score (nSPS) is 28.0. The first-order valence-electron chi connectivity index (χ1n) is 7.69. The van der Waals surface area contributed by atoms with Gasteiger partial charge in [-0.1, -0.05) is 11.6 Å². The number of hydrogen-bond donors (Lipinski definition) is 1. The monoisotopic (exact) mass is 293 g/mol. The van der Waals surface area contributed by atoms with Crippen LogP contribution in [0.4, 0.5) is 5.69 Å². The number of piperazine rings is 1. The second-order valence-corrected chi connectivity index (χ2v) is 6.64. The lowest BCUT2D eigenvalue weighted by atomic mass is 10.1. The summed E-state index contributed by atoms with van der Waals surface area (Å²) >= 11 is 5.94. The molecule has 2 aliphatic rings. The largest absolute Gasteiger partial charge is 0.369 e. The first-order chi connectivity index (χ1) is 9.70. The Balaban J connectivity index is 1.48. The average Bonchev–Trinajstić information content (AvgIpc) is 2.86. The summed E-state index contributed by atoms with van der Waals surface area (Å²) < 4.78 is 0. The summed E-state index contributed by atoms with van der Waals surface area (Å²) in [5.74, 6) is 0.826. The summed E-state index contributed by atoms with van der Waals surface area (Å²) in [4.78, 5) is 5.06. The maximum absolute atomic E-state index is 6.00. The van der Waals surface area contributed by atoms with Crippen LogP contribution in [0.15, 0.2) is 24.3 Å². The van der Waals surface area contributed by atoms with Gasteiger partial charge in [-0.25, -0.2) is 0 Å². The summed E-state index contributed by atoms with van der Waals surface area (Å²) in [6.45, 7) is 5.78. The van der Waals surface area contributed by atoms with Gasteiger partial charge in [0.2, 0.25) is 0 Å². The molecular weight excluding hydrogens is 270 g/mol. The number of halogens is 1. The van der Waals surface area contributed by atoms with Gasteiger partial charge in [0, 0.05) is 49.5 Å². The predicted molar refractivity (Wildman–Crippen MR) is 85.4 cm³/mol. The first kappa shape index (κ1) is 14.2. The topological polar surface area (TPSA) is 32.5 Å². The summed E-state index contributed by atoms with van der Waals surface area (Å²) in [6, 6.07) is 8.64. The van der Waals surface area contributed by atoms with Crippen LogP contribution in [0.5, 0.6) is 0 Å². The number of nitrogens with two attached hydrogens (primary N) is 1. The van der Waals surface area contributed by atoms with Gasteiger partial charge < -0.3 is 10.6 Å². The van der Waals surface area contributed by atoms with E-state index in [1.54, 1.807) is 0 Å². The van der Waals surface area contributed by atoms with Gasteiger partial charge in [-0.15, -0.1) is 0 Å². The van der Waals surface area contributed by atoms with Crippen molar-refractivity contribution in [1.82, 2.24) is 4.90 Å². The van der Waals surface area contributed by atoms with Crippen LogP contribution >= 0.6 is 11.6 Å². The van der Waals surface area contributed by atoms with Crippen LogP contribution in [0.1, 0.15) is 19.3 Å². The number of rotatable bonds is 3. The van der Waals surface area contributed by atoms with E-state index in [0.717, 1.165) is 37.1 Å². The lowest BCUT2D eigenvalue weighted by Crippen LogP contribution is -2.47. The maximum Gasteiger partial charge on any atom is 0.0407 e. The Morgan fingerprint density at radius 2 is 1.75 bits per heavy atom. The zero-order chi connectivity index (χ0) is 13.9. The number of nitrogens with zero attached hydrogens (tertiary/aromatic N) is 2. The minimum Gasteiger partial charge on any atom is -0.369 e. The van der Waals surface area contributed by atoms with E-state index >= 15 is 0 Å². The van der Waals surface area contributed by atoms with E-state index < -0.39 is 0 Å². The molecule has 2 atom stereocenters. The summed E-state index contributed by atoms with van der Waals surface area (Å²) in [5, 5.41) is 0.810. The van der Waals surface area contributed by atoms with Crippen molar-refractivity contribution in [2.75, 3.05) is 37.6 Å². The van der Waals surface area contributed by atoms with Crippen molar-refractivity contribution in [3.8, 4) is 0 Å². The number of anilines is 1. The third-order valence-electron chi connectivity index (χ3n) is 4.66. The van der Waals surface area contributed by atoms with Crippen molar-refractivity contribution in [1.29, 1.82) is 0 Å². The van der Waals surface area contributed by atoms with E-state index in [9.17, 15) is 0 Å². The fourth-order valence-electron chi connectivity index (χ4n) is 3.49. The zero-order valence-electron chi connectivity index (χ0n) is 12.0. The third-order valence-corrected chi connectivity index (χ3v) is 4.91. The zero-order valence-corrected chi connectivity index (χ0v) is 12.7. The van der Waals surface area contributed by atoms with Crippen LogP contribution in [-0.2, 0) is 0 Å². The molecule has 0 radical (unpaired) electrons. The SMILES string of the molecule is NC1CCC(CN2CCN(c3ccc(Cl)cc3)CC2)C1. The van der Waals surface area contributed by atoms with Crippen molar-refractivity contribution < 1.29 is 0 Å². The molecule has 3 nitrogen and oxygen atoms in total. The van der Waals surface area contributed by atoms with E-state index in [2.05, 4.69) is 21.9 Å². The minimum atomic E-state index is 0.454. The standard InChI is InChI=1S/C16H24ClN3/c17-14-2-5-16(6-3-14)20-9-7-19(8-10-20)12-13-1-4-15(18)11-13/h2-3,5-6,13,15H,1,4,7-12,18H2. The van der Waals surface area contributed by atoms with E-state index in [1.807, 2.05) is 12.1 Å². The molecule has 2 unspecified atom stereocenters. The molecule has 20 heavy (non-hydrogen) atoms. The van der Waals surface area contributed by atoms with Gasteiger partial charge >= 0.3 is 0 Å². The molecule has 2 N–H and O–H groups in total. The van der Waals surface area contributed by atoms with Crippen LogP contribution in [0.25, 0.3) is 0 Å². The van der Waals surface area contributed by atoms with Crippen LogP contribution < -0.4 is 10.6 Å². The van der Waals surface area contributed by atoms with Crippen molar-refractivity contribution in [2.45, 2.75) is 25.3 Å². The maximum atomic E-state index is 6.00. The summed E-state index contributed by atoms with van der Waals surface area (Å²) in [5.41, 5.74) is 7.29. The van der Waals surface area contributed by atoms with Gasteiger partial charge in [-0.3, -0.25) is 4.90 Å². The molecule has 1 aliphatic heterocycles. The van der Waals surface area contributed by atoms with Crippen LogP contribution in [0.2, 0.25) is 5.02 Å². The molecule has 1 heterocycles. The minimum absolute atomic E-state index is 0.454. The smallest absolute Gasteiger partial charge is 0.0407 e. The highest BCUT2D eigenvalue weighted by atomic mass is 35.5. The van der Waals surface area contributed by atoms with Gasteiger partial charge in [0.15, 0.2) is 0 Å². The fourth-order valence-corrected chi connectivity index (χ4v) is 3.61. The first-order valence-corrected chi connectivity index (χ1v) is 8.07.